The van der Waals surface area contributed by atoms with Crippen molar-refractivity contribution >= 4 is 0 Å². The van der Waals surface area contributed by atoms with E-state index in [1.54, 1.807) is 0 Å². The Morgan fingerprint density at radius 1 is 0.885 bits per heavy atom. The van der Waals surface area contributed by atoms with Gasteiger partial charge in [-0.1, -0.05) is 59.2 Å². The lowest BCUT2D eigenvalue weighted by atomic mass is 9.94. The van der Waals surface area contributed by atoms with Gasteiger partial charge >= 0.3 is 0 Å². The predicted molar refractivity (Wildman–Crippen MR) is 110 cm³/mol. The largest absolute Gasteiger partial charge is 0.491 e. The molecule has 0 bridgehead atoms. The second-order valence-electron chi connectivity index (χ2n) is 8.25. The zero-order chi connectivity index (χ0) is 19.6. The second kappa shape index (κ2) is 11.6. The van der Waals surface area contributed by atoms with Gasteiger partial charge in [-0.25, -0.2) is 0 Å². The topological polar surface area (TPSA) is 27.7 Å². The van der Waals surface area contributed by atoms with Crippen LogP contribution >= 0.6 is 0 Å². The molecule has 0 aliphatic rings. The molecule has 0 heterocycles. The van der Waals surface area contributed by atoms with Gasteiger partial charge in [-0.05, 0) is 49.7 Å². The van der Waals surface area contributed by atoms with Gasteiger partial charge in [-0.2, -0.15) is 0 Å². The van der Waals surface area contributed by atoms with Gasteiger partial charge < -0.3 is 14.2 Å². The van der Waals surface area contributed by atoms with E-state index >= 15 is 0 Å². The van der Waals surface area contributed by atoms with Gasteiger partial charge in [0.1, 0.15) is 12.4 Å². The highest BCUT2D eigenvalue weighted by molar-refractivity contribution is 5.44. The normalized spacial score (nSPS) is 12.2. The standard InChI is InChI=1S/C23H40O3/c1-8-9-14-26-23(6,7)13-15-24-16-17-25-22-20(18(2)3)11-10-12-21(22)19(4)5/h10-12,18-19H,8-9,13-17H2,1-7H3. The zero-order valence-electron chi connectivity index (χ0n) is 18.1. The van der Waals surface area contributed by atoms with Crippen molar-refractivity contribution in [1.82, 2.24) is 0 Å². The van der Waals surface area contributed by atoms with Crippen molar-refractivity contribution in [3.05, 3.63) is 29.3 Å². The first-order valence-corrected chi connectivity index (χ1v) is 10.3. The molecule has 1 aromatic carbocycles. The third-order valence-electron chi connectivity index (χ3n) is 4.63. The Morgan fingerprint density at radius 2 is 1.50 bits per heavy atom. The molecule has 0 spiro atoms. The number of hydrogen-bond donors (Lipinski definition) is 0. The smallest absolute Gasteiger partial charge is 0.126 e. The number of benzene rings is 1. The minimum atomic E-state index is -0.120. The Kier molecular flexibility index (Phi) is 10.3. The number of ether oxygens (including phenoxy) is 3. The molecule has 0 saturated heterocycles. The van der Waals surface area contributed by atoms with E-state index in [-0.39, 0.29) is 5.60 Å². The highest BCUT2D eigenvalue weighted by atomic mass is 16.5. The first-order chi connectivity index (χ1) is 12.3. The zero-order valence-corrected chi connectivity index (χ0v) is 18.1. The molecule has 0 fully saturated rings. The van der Waals surface area contributed by atoms with Crippen LogP contribution in [0.1, 0.15) is 90.7 Å². The lowest BCUT2D eigenvalue weighted by molar-refractivity contribution is -0.0433. The van der Waals surface area contributed by atoms with E-state index in [0.717, 1.165) is 25.2 Å². The molecule has 0 atom stereocenters. The molecular weight excluding hydrogens is 324 g/mol. The molecule has 3 heteroatoms. The molecule has 1 aromatic rings. The molecule has 0 N–H and O–H groups in total. The molecule has 0 radical (unpaired) electrons. The van der Waals surface area contributed by atoms with Crippen LogP contribution in [0.25, 0.3) is 0 Å². The average molecular weight is 365 g/mol. The summed E-state index contributed by atoms with van der Waals surface area (Å²) >= 11 is 0. The molecule has 0 aliphatic carbocycles. The maximum Gasteiger partial charge on any atom is 0.126 e. The van der Waals surface area contributed by atoms with Crippen LogP contribution in [0.3, 0.4) is 0 Å². The van der Waals surface area contributed by atoms with Gasteiger partial charge in [0, 0.05) is 13.2 Å². The molecule has 0 aromatic heterocycles. The van der Waals surface area contributed by atoms with E-state index in [9.17, 15) is 0 Å². The van der Waals surface area contributed by atoms with Crippen molar-refractivity contribution in [3.8, 4) is 5.75 Å². The van der Waals surface area contributed by atoms with Gasteiger partial charge in [-0.3, -0.25) is 0 Å². The monoisotopic (exact) mass is 364 g/mol. The van der Waals surface area contributed by atoms with Gasteiger partial charge in [0.15, 0.2) is 0 Å². The molecular formula is C23H40O3. The molecule has 1 rings (SSSR count). The summed E-state index contributed by atoms with van der Waals surface area (Å²) in [5, 5.41) is 0. The Labute approximate surface area is 161 Å². The number of unbranched alkanes of at least 4 members (excludes halogenated alkanes) is 1. The molecule has 150 valence electrons. The summed E-state index contributed by atoms with van der Waals surface area (Å²) in [4.78, 5) is 0. The Bertz CT molecular complexity index is 480. The SMILES string of the molecule is CCCCOC(C)(C)CCOCCOc1c(C(C)C)cccc1C(C)C. The van der Waals surface area contributed by atoms with Gasteiger partial charge in [0.05, 0.1) is 12.2 Å². The van der Waals surface area contributed by atoms with Crippen molar-refractivity contribution in [3.63, 3.8) is 0 Å². The van der Waals surface area contributed by atoms with E-state index in [1.165, 1.54) is 17.5 Å². The fraction of sp³-hybridized carbons (Fsp3) is 0.739. The van der Waals surface area contributed by atoms with E-state index in [0.29, 0.717) is 31.7 Å². The summed E-state index contributed by atoms with van der Waals surface area (Å²) in [6.45, 7) is 18.0. The lowest BCUT2D eigenvalue weighted by Crippen LogP contribution is -2.27. The Balaban J connectivity index is 2.42. The number of rotatable bonds is 13. The molecule has 26 heavy (non-hydrogen) atoms. The summed E-state index contributed by atoms with van der Waals surface area (Å²) in [7, 11) is 0. The highest BCUT2D eigenvalue weighted by Crippen LogP contribution is 2.34. The fourth-order valence-corrected chi connectivity index (χ4v) is 2.84. The summed E-state index contributed by atoms with van der Waals surface area (Å²) in [5.74, 6) is 1.95. The van der Waals surface area contributed by atoms with Crippen LogP contribution < -0.4 is 4.74 Å². The van der Waals surface area contributed by atoms with Gasteiger partial charge in [-0.15, -0.1) is 0 Å². The van der Waals surface area contributed by atoms with Crippen LogP contribution in [0.15, 0.2) is 18.2 Å². The average Bonchev–Trinajstić information content (AvgIpc) is 2.57. The van der Waals surface area contributed by atoms with E-state index < -0.39 is 0 Å². The van der Waals surface area contributed by atoms with Crippen molar-refractivity contribution < 1.29 is 14.2 Å². The molecule has 0 amide bonds. The minimum absolute atomic E-state index is 0.120. The van der Waals surface area contributed by atoms with E-state index in [4.69, 9.17) is 14.2 Å². The maximum absolute atomic E-state index is 6.15. The summed E-state index contributed by atoms with van der Waals surface area (Å²) in [6.07, 6.45) is 3.18. The van der Waals surface area contributed by atoms with Crippen molar-refractivity contribution in [2.75, 3.05) is 26.4 Å². The van der Waals surface area contributed by atoms with Gasteiger partial charge in [0.25, 0.3) is 0 Å². The Morgan fingerprint density at radius 3 is 2.04 bits per heavy atom. The van der Waals surface area contributed by atoms with Crippen LogP contribution in [0.5, 0.6) is 5.75 Å². The lowest BCUT2D eigenvalue weighted by Gasteiger charge is -2.25. The summed E-state index contributed by atoms with van der Waals surface area (Å²) in [5.41, 5.74) is 2.44. The summed E-state index contributed by atoms with van der Waals surface area (Å²) < 4.78 is 17.9. The van der Waals surface area contributed by atoms with Gasteiger partial charge in [0.2, 0.25) is 0 Å². The van der Waals surface area contributed by atoms with Crippen LogP contribution in [0.2, 0.25) is 0 Å². The van der Waals surface area contributed by atoms with Crippen molar-refractivity contribution in [1.29, 1.82) is 0 Å². The number of para-hydroxylation sites is 1. The molecule has 0 aliphatic heterocycles. The third kappa shape index (κ3) is 8.09. The second-order valence-corrected chi connectivity index (χ2v) is 8.25. The number of hydrogen-bond acceptors (Lipinski definition) is 3. The quantitative estimate of drug-likeness (QED) is 0.384. The summed E-state index contributed by atoms with van der Waals surface area (Å²) in [6, 6.07) is 6.47. The Hall–Kier alpha value is -1.06. The molecule has 3 nitrogen and oxygen atoms in total. The van der Waals surface area contributed by atoms with E-state index in [2.05, 4.69) is 66.7 Å². The van der Waals surface area contributed by atoms with Crippen LogP contribution in [-0.4, -0.2) is 32.0 Å². The predicted octanol–water partition coefficient (Wildman–Crippen LogP) is 6.31. The van der Waals surface area contributed by atoms with Crippen LogP contribution in [-0.2, 0) is 9.47 Å². The van der Waals surface area contributed by atoms with Crippen molar-refractivity contribution in [2.45, 2.75) is 85.2 Å². The fourth-order valence-electron chi connectivity index (χ4n) is 2.84. The minimum Gasteiger partial charge on any atom is -0.491 e. The highest BCUT2D eigenvalue weighted by Gasteiger charge is 2.18. The van der Waals surface area contributed by atoms with Crippen LogP contribution in [0.4, 0.5) is 0 Å². The molecule has 0 saturated carbocycles. The van der Waals surface area contributed by atoms with E-state index in [1.807, 2.05) is 0 Å². The third-order valence-corrected chi connectivity index (χ3v) is 4.63. The molecule has 0 unspecified atom stereocenters. The van der Waals surface area contributed by atoms with Crippen molar-refractivity contribution in [2.24, 2.45) is 0 Å². The first kappa shape index (κ1) is 23.0. The van der Waals surface area contributed by atoms with Crippen LogP contribution in [0, 0.1) is 0 Å². The maximum atomic E-state index is 6.15. The first-order valence-electron chi connectivity index (χ1n) is 10.3.